The minimum absolute atomic E-state index is 0.00442. The molecule has 0 aliphatic carbocycles. The molecule has 1 aromatic heterocycles. The van der Waals surface area contributed by atoms with Crippen LogP contribution in [0, 0.1) is 0 Å². The van der Waals surface area contributed by atoms with Crippen LogP contribution in [-0.2, 0) is 0 Å². The average molecular weight is 357 g/mol. The highest BCUT2D eigenvalue weighted by atomic mass is 79.9. The van der Waals surface area contributed by atoms with Crippen LogP contribution in [0.4, 0.5) is 0 Å². The summed E-state index contributed by atoms with van der Waals surface area (Å²) in [4.78, 5) is 2.37. The number of hydrogen-bond acceptors (Lipinski definition) is 5. The third-order valence-electron chi connectivity index (χ3n) is 3.01. The molecule has 2 aromatic rings. The van der Waals surface area contributed by atoms with Crippen molar-refractivity contribution < 1.29 is 4.74 Å². The van der Waals surface area contributed by atoms with Crippen molar-refractivity contribution in [3.63, 3.8) is 0 Å². The lowest BCUT2D eigenvalue weighted by atomic mass is 10.1. The number of para-hydroxylation sites is 1. The molecule has 1 aliphatic rings. The fourth-order valence-electron chi connectivity index (χ4n) is 2.08. The van der Waals surface area contributed by atoms with Gasteiger partial charge in [-0.15, -0.1) is 23.1 Å². The van der Waals surface area contributed by atoms with Crippen LogP contribution in [0.1, 0.15) is 10.9 Å². The second-order valence-electron chi connectivity index (χ2n) is 4.19. The molecule has 100 valence electrons. The number of hydrogen-bond donors (Lipinski definition) is 2. The van der Waals surface area contributed by atoms with E-state index in [0.29, 0.717) is 0 Å². The molecular weight excluding hydrogens is 344 g/mol. The van der Waals surface area contributed by atoms with Crippen LogP contribution in [0.15, 0.2) is 45.1 Å². The number of benzene rings is 1. The molecule has 3 nitrogen and oxygen atoms in total. The van der Waals surface area contributed by atoms with Crippen LogP contribution >= 0.6 is 39.0 Å². The van der Waals surface area contributed by atoms with Gasteiger partial charge in [-0.1, -0.05) is 12.1 Å². The molecular formula is C13H13BrN2OS2. The lowest BCUT2D eigenvalue weighted by Gasteiger charge is -2.31. The van der Waals surface area contributed by atoms with Gasteiger partial charge in [-0.25, -0.2) is 5.43 Å². The van der Waals surface area contributed by atoms with Crippen LogP contribution in [0.2, 0.25) is 0 Å². The van der Waals surface area contributed by atoms with Gasteiger partial charge in [-0.2, -0.15) is 0 Å². The number of ether oxygens (including phenoxy) is 1. The van der Waals surface area contributed by atoms with E-state index >= 15 is 0 Å². The Morgan fingerprint density at radius 3 is 2.95 bits per heavy atom. The van der Waals surface area contributed by atoms with E-state index in [4.69, 9.17) is 10.6 Å². The first-order valence-electron chi connectivity index (χ1n) is 5.87. The van der Waals surface area contributed by atoms with Gasteiger partial charge in [0.25, 0.3) is 0 Å². The number of hydrazine groups is 1. The van der Waals surface area contributed by atoms with Crippen molar-refractivity contribution in [3.8, 4) is 5.75 Å². The van der Waals surface area contributed by atoms with Gasteiger partial charge < -0.3 is 4.74 Å². The molecule has 1 aliphatic heterocycles. The Morgan fingerprint density at radius 1 is 1.37 bits per heavy atom. The molecule has 3 N–H and O–H groups in total. The van der Waals surface area contributed by atoms with Crippen molar-refractivity contribution in [1.82, 2.24) is 5.43 Å². The first-order valence-corrected chi connectivity index (χ1v) is 8.53. The maximum Gasteiger partial charge on any atom is 0.133 e. The van der Waals surface area contributed by atoms with E-state index in [1.165, 1.54) is 9.77 Å². The van der Waals surface area contributed by atoms with Gasteiger partial charge in [0.1, 0.15) is 11.9 Å². The third kappa shape index (κ3) is 2.68. The number of rotatable bonds is 3. The zero-order chi connectivity index (χ0) is 13.2. The minimum Gasteiger partial charge on any atom is -0.486 e. The third-order valence-corrected chi connectivity index (χ3v) is 6.11. The van der Waals surface area contributed by atoms with Crippen LogP contribution in [0.25, 0.3) is 0 Å². The molecule has 0 radical (unpaired) electrons. The number of halogens is 1. The number of thiophene rings is 1. The summed E-state index contributed by atoms with van der Waals surface area (Å²) in [6.07, 6.45) is 0.0276. The molecule has 0 saturated heterocycles. The Balaban J connectivity index is 1.85. The molecule has 0 fully saturated rings. The van der Waals surface area contributed by atoms with Gasteiger partial charge in [0.05, 0.1) is 6.04 Å². The Bertz CT molecular complexity index is 575. The Hall–Kier alpha value is -0.530. The summed E-state index contributed by atoms with van der Waals surface area (Å²) >= 11 is 7.05. The molecule has 2 heterocycles. The quantitative estimate of drug-likeness (QED) is 0.651. The molecule has 0 spiro atoms. The van der Waals surface area contributed by atoms with Crippen LogP contribution < -0.4 is 16.0 Å². The lowest BCUT2D eigenvalue weighted by molar-refractivity contribution is 0.168. The van der Waals surface area contributed by atoms with Gasteiger partial charge in [0.2, 0.25) is 0 Å². The molecule has 1 aromatic carbocycles. The lowest BCUT2D eigenvalue weighted by Crippen LogP contribution is -2.41. The van der Waals surface area contributed by atoms with Gasteiger partial charge in [0.15, 0.2) is 0 Å². The first kappa shape index (κ1) is 13.5. The molecule has 19 heavy (non-hydrogen) atoms. The Kier molecular flexibility index (Phi) is 4.14. The SMILES string of the molecule is NNC(c1sccc1Br)C1CSc2ccccc2O1. The minimum atomic E-state index is -0.00442. The largest absolute Gasteiger partial charge is 0.486 e. The predicted octanol–water partition coefficient (Wildman–Crippen LogP) is 3.57. The number of nitrogens with one attached hydrogen (secondary N) is 1. The molecule has 3 rings (SSSR count). The maximum absolute atomic E-state index is 6.09. The van der Waals surface area contributed by atoms with E-state index < -0.39 is 0 Å². The Morgan fingerprint density at radius 2 is 2.21 bits per heavy atom. The standard InChI is InChI=1S/C13H13BrN2OS2/c14-8-5-6-18-13(8)12(16-15)10-7-19-11-4-2-1-3-9(11)17-10/h1-6,10,12,16H,7,15H2. The molecule has 6 heteroatoms. The van der Waals surface area contributed by atoms with E-state index in [1.54, 1.807) is 11.3 Å². The highest BCUT2D eigenvalue weighted by molar-refractivity contribution is 9.10. The van der Waals surface area contributed by atoms with E-state index in [9.17, 15) is 0 Å². The summed E-state index contributed by atoms with van der Waals surface area (Å²) in [7, 11) is 0. The van der Waals surface area contributed by atoms with Gasteiger partial charge in [0, 0.05) is 20.0 Å². The van der Waals surface area contributed by atoms with Gasteiger partial charge >= 0.3 is 0 Å². The summed E-state index contributed by atoms with van der Waals surface area (Å²) in [5, 5.41) is 2.05. The summed E-state index contributed by atoms with van der Waals surface area (Å²) in [6.45, 7) is 0. The maximum atomic E-state index is 6.09. The predicted molar refractivity (Wildman–Crippen MR) is 83.7 cm³/mol. The summed E-state index contributed by atoms with van der Waals surface area (Å²) in [6, 6.07) is 10.1. The second kappa shape index (κ2) is 5.85. The first-order chi connectivity index (χ1) is 9.29. The van der Waals surface area contributed by atoms with Crippen molar-refractivity contribution in [3.05, 3.63) is 45.1 Å². The van der Waals surface area contributed by atoms with E-state index in [2.05, 4.69) is 27.4 Å². The van der Waals surface area contributed by atoms with Crippen molar-refractivity contribution >= 4 is 39.0 Å². The molecule has 0 saturated carbocycles. The van der Waals surface area contributed by atoms with Crippen molar-refractivity contribution in [2.24, 2.45) is 5.84 Å². The second-order valence-corrected chi connectivity index (χ2v) is 7.06. The van der Waals surface area contributed by atoms with E-state index in [1.807, 2.05) is 41.4 Å². The fourth-order valence-corrected chi connectivity index (χ4v) is 4.85. The molecule has 2 unspecified atom stereocenters. The van der Waals surface area contributed by atoms with Gasteiger partial charge in [-0.05, 0) is 39.5 Å². The van der Waals surface area contributed by atoms with Crippen LogP contribution in [0.5, 0.6) is 5.75 Å². The Labute approximate surface area is 128 Å². The topological polar surface area (TPSA) is 47.3 Å². The number of fused-ring (bicyclic) bond motifs is 1. The smallest absolute Gasteiger partial charge is 0.133 e. The van der Waals surface area contributed by atoms with Crippen molar-refractivity contribution in [1.29, 1.82) is 0 Å². The van der Waals surface area contributed by atoms with E-state index in [0.717, 1.165) is 16.0 Å². The highest BCUT2D eigenvalue weighted by Crippen LogP contribution is 2.40. The molecule has 2 atom stereocenters. The number of thioether (sulfide) groups is 1. The average Bonchev–Trinajstić information content (AvgIpc) is 2.86. The summed E-state index contributed by atoms with van der Waals surface area (Å²) in [5.74, 6) is 7.56. The van der Waals surface area contributed by atoms with Crippen LogP contribution in [0.3, 0.4) is 0 Å². The monoisotopic (exact) mass is 356 g/mol. The van der Waals surface area contributed by atoms with Gasteiger partial charge in [-0.3, -0.25) is 5.84 Å². The fraction of sp³-hybridized carbons (Fsp3) is 0.231. The van der Waals surface area contributed by atoms with Crippen molar-refractivity contribution in [2.45, 2.75) is 17.0 Å². The zero-order valence-corrected chi connectivity index (χ0v) is 13.2. The molecule has 0 bridgehead atoms. The summed E-state index contributed by atoms with van der Waals surface area (Å²) in [5.41, 5.74) is 2.89. The van der Waals surface area contributed by atoms with E-state index in [-0.39, 0.29) is 12.1 Å². The summed E-state index contributed by atoms with van der Waals surface area (Å²) < 4.78 is 7.16. The zero-order valence-electron chi connectivity index (χ0n) is 10.0. The molecule has 0 amide bonds. The van der Waals surface area contributed by atoms with Crippen LogP contribution in [-0.4, -0.2) is 11.9 Å². The number of nitrogens with two attached hydrogens (primary N) is 1. The van der Waals surface area contributed by atoms with Crippen molar-refractivity contribution in [2.75, 3.05) is 5.75 Å². The highest BCUT2D eigenvalue weighted by Gasteiger charge is 2.30. The normalized spacial score (nSPS) is 19.6.